The summed E-state index contributed by atoms with van der Waals surface area (Å²) in [6.07, 6.45) is -1.25. The second-order valence-corrected chi connectivity index (χ2v) is 4.44. The van der Waals surface area contributed by atoms with Crippen molar-refractivity contribution in [3.05, 3.63) is 38.9 Å². The van der Waals surface area contributed by atoms with E-state index in [4.69, 9.17) is 16.3 Å². The maximum Gasteiger partial charge on any atom is 0.340 e. The second-order valence-electron chi connectivity index (χ2n) is 4.04. The number of hydrogen-bond acceptors (Lipinski definition) is 6. The number of rotatable bonds is 4. The topological polar surface area (TPSA) is 128 Å². The van der Waals surface area contributed by atoms with Crippen molar-refractivity contribution in [3.8, 4) is 0 Å². The fraction of sp³-hybridized carbons (Fsp3) is 0.250. The molecule has 2 N–H and O–H groups in total. The molecule has 1 aromatic carbocycles. The van der Waals surface area contributed by atoms with Gasteiger partial charge in [-0.3, -0.25) is 20.2 Å². The third kappa shape index (κ3) is 4.42. The van der Waals surface area contributed by atoms with Gasteiger partial charge in [0.05, 0.1) is 15.5 Å². The summed E-state index contributed by atoms with van der Waals surface area (Å²) in [5.74, 6) is -1.77. The molecule has 0 radical (unpaired) electrons. The third-order valence-electron chi connectivity index (χ3n) is 2.50. The molecule has 9 nitrogen and oxygen atoms in total. The van der Waals surface area contributed by atoms with E-state index in [1.165, 1.54) is 14.0 Å². The average molecular weight is 330 g/mol. The van der Waals surface area contributed by atoms with Gasteiger partial charge in [0.25, 0.3) is 11.6 Å². The number of amides is 3. The normalized spacial score (nSPS) is 11.2. The van der Waals surface area contributed by atoms with Gasteiger partial charge in [-0.05, 0) is 13.0 Å². The van der Waals surface area contributed by atoms with E-state index in [2.05, 4.69) is 5.32 Å². The van der Waals surface area contributed by atoms with E-state index < -0.39 is 28.9 Å². The number of nitro benzene ring substituents is 1. The van der Waals surface area contributed by atoms with E-state index in [0.29, 0.717) is 0 Å². The van der Waals surface area contributed by atoms with Crippen LogP contribution in [0, 0.1) is 10.1 Å². The fourth-order valence-corrected chi connectivity index (χ4v) is 1.59. The molecule has 1 rings (SSSR count). The summed E-state index contributed by atoms with van der Waals surface area (Å²) in [4.78, 5) is 44.3. The predicted octanol–water partition coefficient (Wildman–Crippen LogP) is 1.25. The number of esters is 1. The molecule has 118 valence electrons. The minimum Gasteiger partial charge on any atom is -0.449 e. The quantitative estimate of drug-likeness (QED) is 0.486. The lowest BCUT2D eigenvalue weighted by atomic mass is 10.2. The Hall–Kier alpha value is -2.68. The van der Waals surface area contributed by atoms with Gasteiger partial charge >= 0.3 is 12.0 Å². The van der Waals surface area contributed by atoms with Crippen LogP contribution in [0.5, 0.6) is 0 Å². The lowest BCUT2D eigenvalue weighted by Gasteiger charge is -2.13. The Morgan fingerprint density at radius 2 is 2.00 bits per heavy atom. The summed E-state index contributed by atoms with van der Waals surface area (Å²) in [5, 5.41) is 14.5. The van der Waals surface area contributed by atoms with Gasteiger partial charge in [0.15, 0.2) is 6.10 Å². The lowest BCUT2D eigenvalue weighted by Crippen LogP contribution is -2.43. The van der Waals surface area contributed by atoms with Gasteiger partial charge in [-0.25, -0.2) is 9.59 Å². The Morgan fingerprint density at radius 3 is 2.50 bits per heavy atom. The number of halogens is 1. The van der Waals surface area contributed by atoms with Crippen LogP contribution in [0.25, 0.3) is 0 Å². The van der Waals surface area contributed by atoms with Crippen LogP contribution >= 0.6 is 11.6 Å². The van der Waals surface area contributed by atoms with E-state index in [1.54, 1.807) is 0 Å². The van der Waals surface area contributed by atoms with E-state index in [9.17, 15) is 24.5 Å². The fourth-order valence-electron chi connectivity index (χ4n) is 1.34. The van der Waals surface area contributed by atoms with Crippen molar-refractivity contribution in [1.29, 1.82) is 0 Å². The number of nitrogens with zero attached hydrogens (tertiary/aromatic N) is 1. The van der Waals surface area contributed by atoms with Gasteiger partial charge in [0.2, 0.25) is 0 Å². The summed E-state index contributed by atoms with van der Waals surface area (Å²) >= 11 is 5.77. The Bertz CT molecular complexity index is 633. The number of imide groups is 1. The van der Waals surface area contributed by atoms with Crippen molar-refractivity contribution < 1.29 is 24.0 Å². The minimum atomic E-state index is -1.25. The lowest BCUT2D eigenvalue weighted by molar-refractivity contribution is -0.384. The Kier molecular flexibility index (Phi) is 5.81. The zero-order valence-corrected chi connectivity index (χ0v) is 12.3. The molecule has 1 aromatic rings. The molecule has 0 bridgehead atoms. The summed E-state index contributed by atoms with van der Waals surface area (Å²) < 4.78 is 4.84. The zero-order chi connectivity index (χ0) is 16.9. The molecule has 0 saturated heterocycles. The van der Waals surface area contributed by atoms with Crippen molar-refractivity contribution in [2.75, 3.05) is 7.05 Å². The molecule has 1 atom stereocenters. The zero-order valence-electron chi connectivity index (χ0n) is 11.6. The highest BCUT2D eigenvalue weighted by molar-refractivity contribution is 6.33. The van der Waals surface area contributed by atoms with Gasteiger partial charge in [-0.2, -0.15) is 0 Å². The van der Waals surface area contributed by atoms with Crippen LogP contribution in [0.15, 0.2) is 18.2 Å². The van der Waals surface area contributed by atoms with Crippen LogP contribution in [0.4, 0.5) is 10.5 Å². The standard InChI is InChI=1S/C12H12ClN3O6/c1-6(10(17)15-12(19)14-2)22-11(18)8-4-3-7(16(20)21)5-9(8)13/h3-6H,1-2H3,(H2,14,15,17,19)/t6-/m0/s1. The van der Waals surface area contributed by atoms with Gasteiger partial charge in [-0.1, -0.05) is 11.6 Å². The first kappa shape index (κ1) is 17.4. The number of hydrogen-bond donors (Lipinski definition) is 2. The Labute approximate surface area is 129 Å². The molecule has 0 aliphatic heterocycles. The number of nitrogens with one attached hydrogen (secondary N) is 2. The largest absolute Gasteiger partial charge is 0.449 e. The summed E-state index contributed by atoms with van der Waals surface area (Å²) in [7, 11) is 1.32. The minimum absolute atomic E-state index is 0.133. The molecular formula is C12H12ClN3O6. The molecule has 22 heavy (non-hydrogen) atoms. The van der Waals surface area contributed by atoms with Crippen molar-refractivity contribution in [1.82, 2.24) is 10.6 Å². The van der Waals surface area contributed by atoms with E-state index >= 15 is 0 Å². The maximum atomic E-state index is 11.9. The Morgan fingerprint density at radius 1 is 1.36 bits per heavy atom. The van der Waals surface area contributed by atoms with Crippen molar-refractivity contribution in [2.45, 2.75) is 13.0 Å². The molecule has 0 fully saturated rings. The van der Waals surface area contributed by atoms with Crippen LogP contribution in [-0.2, 0) is 9.53 Å². The number of carbonyl (C=O) groups is 3. The number of non-ortho nitro benzene ring substituents is 1. The maximum absolute atomic E-state index is 11.9. The van der Waals surface area contributed by atoms with Crippen LogP contribution < -0.4 is 10.6 Å². The van der Waals surface area contributed by atoms with Gasteiger partial charge in [0.1, 0.15) is 0 Å². The summed E-state index contributed by atoms with van der Waals surface area (Å²) in [5.41, 5.74) is -0.418. The van der Waals surface area contributed by atoms with Crippen LogP contribution in [0.1, 0.15) is 17.3 Å². The van der Waals surface area contributed by atoms with E-state index in [0.717, 1.165) is 18.2 Å². The number of carbonyl (C=O) groups excluding carboxylic acids is 3. The van der Waals surface area contributed by atoms with Crippen LogP contribution in [0.3, 0.4) is 0 Å². The summed E-state index contributed by atoms with van der Waals surface area (Å²) in [6, 6.07) is 2.44. The molecule has 0 heterocycles. The predicted molar refractivity (Wildman–Crippen MR) is 75.6 cm³/mol. The molecule has 0 aliphatic carbocycles. The molecule has 0 aromatic heterocycles. The molecular weight excluding hydrogens is 318 g/mol. The first-order valence-corrected chi connectivity index (χ1v) is 6.31. The highest BCUT2D eigenvalue weighted by Gasteiger charge is 2.22. The number of ether oxygens (including phenoxy) is 1. The number of nitro groups is 1. The third-order valence-corrected chi connectivity index (χ3v) is 2.81. The molecule has 0 aliphatic rings. The SMILES string of the molecule is CNC(=O)NC(=O)[C@H](C)OC(=O)c1ccc([N+](=O)[O-])cc1Cl. The molecule has 0 spiro atoms. The van der Waals surface area contributed by atoms with E-state index in [1.807, 2.05) is 5.32 Å². The van der Waals surface area contributed by atoms with Gasteiger partial charge in [0, 0.05) is 19.2 Å². The van der Waals surface area contributed by atoms with E-state index in [-0.39, 0.29) is 16.3 Å². The van der Waals surface area contributed by atoms with Crippen LogP contribution in [0.2, 0.25) is 5.02 Å². The van der Waals surface area contributed by atoms with Crippen molar-refractivity contribution >= 4 is 35.2 Å². The number of benzene rings is 1. The molecule has 0 saturated carbocycles. The first-order chi connectivity index (χ1) is 10.3. The highest BCUT2D eigenvalue weighted by atomic mass is 35.5. The average Bonchev–Trinajstić information content (AvgIpc) is 2.46. The van der Waals surface area contributed by atoms with Crippen LogP contribution in [-0.4, -0.2) is 36.0 Å². The monoisotopic (exact) mass is 329 g/mol. The smallest absolute Gasteiger partial charge is 0.340 e. The molecule has 3 amide bonds. The molecule has 0 unspecified atom stereocenters. The van der Waals surface area contributed by atoms with Crippen molar-refractivity contribution in [2.24, 2.45) is 0 Å². The molecule has 10 heteroatoms. The first-order valence-electron chi connectivity index (χ1n) is 5.93. The van der Waals surface area contributed by atoms with Crippen molar-refractivity contribution in [3.63, 3.8) is 0 Å². The Balaban J connectivity index is 2.78. The second kappa shape index (κ2) is 7.36. The van der Waals surface area contributed by atoms with Gasteiger partial charge in [-0.15, -0.1) is 0 Å². The highest BCUT2D eigenvalue weighted by Crippen LogP contribution is 2.23. The van der Waals surface area contributed by atoms with Gasteiger partial charge < -0.3 is 10.1 Å². The number of urea groups is 1. The summed E-state index contributed by atoms with van der Waals surface area (Å²) in [6.45, 7) is 1.26.